The van der Waals surface area contributed by atoms with Crippen molar-refractivity contribution in [2.45, 2.75) is 45.4 Å². The van der Waals surface area contributed by atoms with E-state index in [2.05, 4.69) is 23.8 Å². The number of piperazine rings is 1. The van der Waals surface area contributed by atoms with Crippen molar-refractivity contribution >= 4 is 0 Å². The van der Waals surface area contributed by atoms with Gasteiger partial charge in [0.15, 0.2) is 0 Å². The number of likely N-dealkylation sites (N-methyl/N-ethyl adjacent to an activating group) is 1. The molecule has 1 aliphatic rings. The molecule has 3 nitrogen and oxygen atoms in total. The zero-order valence-electron chi connectivity index (χ0n) is 12.4. The summed E-state index contributed by atoms with van der Waals surface area (Å²) < 4.78 is 0. The molecule has 0 aromatic rings. The first-order chi connectivity index (χ1) is 8.76. The lowest BCUT2D eigenvalue weighted by Crippen LogP contribution is -2.44. The molecule has 1 aliphatic heterocycles. The van der Waals surface area contributed by atoms with Gasteiger partial charge in [-0.15, -0.1) is 0 Å². The van der Waals surface area contributed by atoms with E-state index in [1.807, 2.05) is 0 Å². The van der Waals surface area contributed by atoms with Gasteiger partial charge in [0.05, 0.1) is 0 Å². The summed E-state index contributed by atoms with van der Waals surface area (Å²) in [7, 11) is 2.21. The molecule has 1 heterocycles. The van der Waals surface area contributed by atoms with Crippen LogP contribution in [0.15, 0.2) is 0 Å². The van der Waals surface area contributed by atoms with Crippen molar-refractivity contribution in [1.82, 2.24) is 9.80 Å². The van der Waals surface area contributed by atoms with Crippen LogP contribution in [0.1, 0.15) is 45.4 Å². The monoisotopic (exact) mass is 256 g/mol. The summed E-state index contributed by atoms with van der Waals surface area (Å²) >= 11 is 0. The Balaban J connectivity index is 1.99. The predicted molar refractivity (Wildman–Crippen MR) is 77.9 cm³/mol. The first-order valence-corrected chi connectivity index (χ1v) is 7.78. The van der Waals surface area contributed by atoms with Crippen LogP contribution in [0.3, 0.4) is 0 Å². The molecule has 1 rings (SSSR count). The second-order valence-corrected chi connectivity index (χ2v) is 5.83. The van der Waals surface area contributed by atoms with Gasteiger partial charge in [0.2, 0.25) is 0 Å². The van der Waals surface area contributed by atoms with Gasteiger partial charge < -0.3 is 14.9 Å². The van der Waals surface area contributed by atoms with Crippen molar-refractivity contribution in [2.24, 2.45) is 5.92 Å². The molecule has 0 aromatic carbocycles. The molecule has 0 spiro atoms. The highest BCUT2D eigenvalue weighted by Gasteiger charge is 2.13. The Hall–Kier alpha value is -0.120. The van der Waals surface area contributed by atoms with Gasteiger partial charge in [-0.25, -0.2) is 0 Å². The number of aliphatic hydroxyl groups excluding tert-OH is 1. The average Bonchev–Trinajstić information content (AvgIpc) is 2.40. The highest BCUT2D eigenvalue weighted by molar-refractivity contribution is 4.69. The summed E-state index contributed by atoms with van der Waals surface area (Å²) in [5.74, 6) is 0.553. The number of nitrogens with zero attached hydrogens (tertiary/aromatic N) is 2. The molecule has 0 aliphatic carbocycles. The lowest BCUT2D eigenvalue weighted by Gasteiger charge is -2.32. The molecule has 1 atom stereocenters. The lowest BCUT2D eigenvalue weighted by atomic mass is 9.97. The van der Waals surface area contributed by atoms with E-state index in [9.17, 15) is 5.11 Å². The molecule has 18 heavy (non-hydrogen) atoms. The normalized spacial score (nSPS) is 20.2. The van der Waals surface area contributed by atoms with E-state index in [1.165, 1.54) is 71.2 Å². The van der Waals surface area contributed by atoms with Gasteiger partial charge in [0.1, 0.15) is 0 Å². The van der Waals surface area contributed by atoms with Crippen LogP contribution in [0.5, 0.6) is 0 Å². The molecular weight excluding hydrogens is 224 g/mol. The Morgan fingerprint density at radius 2 is 1.67 bits per heavy atom. The molecular formula is C15H32N2O. The third-order valence-electron chi connectivity index (χ3n) is 4.16. The molecule has 0 aromatic heterocycles. The first kappa shape index (κ1) is 15.9. The maximum Gasteiger partial charge on any atom is 0.0459 e. The van der Waals surface area contributed by atoms with E-state index in [-0.39, 0.29) is 0 Å². The maximum absolute atomic E-state index is 9.31. The minimum atomic E-state index is 0.383. The van der Waals surface area contributed by atoms with Crippen LogP contribution in [0, 0.1) is 5.92 Å². The molecule has 108 valence electrons. The fourth-order valence-electron chi connectivity index (χ4n) is 2.66. The number of hydrogen-bond donors (Lipinski definition) is 1. The quantitative estimate of drug-likeness (QED) is 0.641. The van der Waals surface area contributed by atoms with E-state index < -0.39 is 0 Å². The molecule has 0 saturated carbocycles. The van der Waals surface area contributed by atoms with Gasteiger partial charge in [-0.05, 0) is 38.8 Å². The second kappa shape index (κ2) is 9.76. The van der Waals surface area contributed by atoms with E-state index in [0.717, 1.165) is 0 Å². The zero-order valence-corrected chi connectivity index (χ0v) is 12.4. The molecule has 0 unspecified atom stereocenters. The van der Waals surface area contributed by atoms with Gasteiger partial charge in [0.25, 0.3) is 0 Å². The number of unbranched alkanes of at least 4 members (excludes halogenated alkanes) is 2. The van der Waals surface area contributed by atoms with E-state index >= 15 is 0 Å². The van der Waals surface area contributed by atoms with Gasteiger partial charge in [-0.3, -0.25) is 0 Å². The van der Waals surface area contributed by atoms with Gasteiger partial charge >= 0.3 is 0 Å². The van der Waals surface area contributed by atoms with Gasteiger partial charge in [0, 0.05) is 32.8 Å². The minimum Gasteiger partial charge on any atom is -0.396 e. The van der Waals surface area contributed by atoms with Crippen LogP contribution in [-0.2, 0) is 0 Å². The van der Waals surface area contributed by atoms with E-state index in [0.29, 0.717) is 12.5 Å². The summed E-state index contributed by atoms with van der Waals surface area (Å²) in [6, 6.07) is 0. The Morgan fingerprint density at radius 3 is 2.28 bits per heavy atom. The Kier molecular flexibility index (Phi) is 8.64. The fraction of sp³-hybridized carbons (Fsp3) is 1.00. The lowest BCUT2D eigenvalue weighted by molar-refractivity contribution is 0.149. The Morgan fingerprint density at radius 1 is 1.00 bits per heavy atom. The van der Waals surface area contributed by atoms with Crippen molar-refractivity contribution in [3.63, 3.8) is 0 Å². The summed E-state index contributed by atoms with van der Waals surface area (Å²) in [4.78, 5) is 4.99. The van der Waals surface area contributed by atoms with Crippen molar-refractivity contribution in [3.8, 4) is 0 Å². The summed E-state index contributed by atoms with van der Waals surface area (Å²) in [6.45, 7) is 8.76. The summed E-state index contributed by atoms with van der Waals surface area (Å²) in [5, 5.41) is 9.31. The van der Waals surface area contributed by atoms with Crippen LogP contribution < -0.4 is 0 Å². The molecule has 1 N–H and O–H groups in total. The maximum atomic E-state index is 9.31. The van der Waals surface area contributed by atoms with Crippen LogP contribution in [-0.4, -0.2) is 61.3 Å². The number of aliphatic hydroxyl groups is 1. The minimum absolute atomic E-state index is 0.383. The van der Waals surface area contributed by atoms with Crippen LogP contribution in [0.4, 0.5) is 0 Å². The van der Waals surface area contributed by atoms with Crippen molar-refractivity contribution in [3.05, 3.63) is 0 Å². The van der Waals surface area contributed by atoms with Crippen LogP contribution >= 0.6 is 0 Å². The van der Waals surface area contributed by atoms with Crippen LogP contribution in [0.25, 0.3) is 0 Å². The van der Waals surface area contributed by atoms with Crippen molar-refractivity contribution in [2.75, 3.05) is 46.4 Å². The first-order valence-electron chi connectivity index (χ1n) is 7.78. The topological polar surface area (TPSA) is 26.7 Å². The SMILES string of the molecule is CCCC[C@H](CO)CCCCN1CCN(C)CC1. The molecule has 1 fully saturated rings. The average molecular weight is 256 g/mol. The molecule has 0 radical (unpaired) electrons. The van der Waals surface area contributed by atoms with Crippen molar-refractivity contribution < 1.29 is 5.11 Å². The smallest absolute Gasteiger partial charge is 0.0459 e. The zero-order chi connectivity index (χ0) is 13.2. The molecule has 3 heteroatoms. The third-order valence-corrected chi connectivity index (χ3v) is 4.16. The largest absolute Gasteiger partial charge is 0.396 e. The van der Waals surface area contributed by atoms with Crippen molar-refractivity contribution in [1.29, 1.82) is 0 Å². The Labute approximate surface area is 113 Å². The van der Waals surface area contributed by atoms with Gasteiger partial charge in [-0.1, -0.05) is 26.2 Å². The highest BCUT2D eigenvalue weighted by Crippen LogP contribution is 2.15. The second-order valence-electron chi connectivity index (χ2n) is 5.83. The molecule has 0 bridgehead atoms. The predicted octanol–water partition coefficient (Wildman–Crippen LogP) is 2.20. The number of rotatable bonds is 9. The van der Waals surface area contributed by atoms with E-state index in [4.69, 9.17) is 0 Å². The molecule has 0 amide bonds. The summed E-state index contributed by atoms with van der Waals surface area (Å²) in [5.41, 5.74) is 0. The fourth-order valence-corrected chi connectivity index (χ4v) is 2.66. The summed E-state index contributed by atoms with van der Waals surface area (Å²) in [6.07, 6.45) is 7.51. The molecule has 1 saturated heterocycles. The standard InChI is InChI=1S/C15H32N2O/c1-3-4-7-15(14-18)8-5-6-9-17-12-10-16(2)11-13-17/h15,18H,3-14H2,1-2H3/t15-/m0/s1. The highest BCUT2D eigenvalue weighted by atomic mass is 16.3. The van der Waals surface area contributed by atoms with Gasteiger partial charge in [-0.2, -0.15) is 0 Å². The van der Waals surface area contributed by atoms with Crippen LogP contribution in [0.2, 0.25) is 0 Å². The number of hydrogen-bond acceptors (Lipinski definition) is 3. The Bertz CT molecular complexity index is 184. The third kappa shape index (κ3) is 6.72. The van der Waals surface area contributed by atoms with E-state index in [1.54, 1.807) is 0 Å².